The molecule has 0 saturated heterocycles. The molecule has 0 aliphatic carbocycles. The number of Topliss-reactive ketones (excluding diaryl/α,β-unsaturated/α-hetero) is 1. The van der Waals surface area contributed by atoms with Crippen LogP contribution in [0, 0.1) is 0 Å². The monoisotopic (exact) mass is 421 g/mol. The van der Waals surface area contributed by atoms with Crippen molar-refractivity contribution >= 4 is 27.4 Å². The van der Waals surface area contributed by atoms with Gasteiger partial charge in [0.2, 0.25) is 16.8 Å². The van der Waals surface area contributed by atoms with Crippen molar-refractivity contribution in [2.24, 2.45) is 7.05 Å². The standard InChI is InChI=1S/C19H23N3O6S/c1-5-22(6-2)29(25,26)13-7-16(21(4)10-13)19(24)20-15-9-18-17(27-11-28-18)8-14(15)12(3)23/h7-10H,5-6,11H2,1-4H3,(H,20,24). The second-order valence-electron chi connectivity index (χ2n) is 6.52. The Bertz CT molecular complexity index is 1070. The molecule has 156 valence electrons. The zero-order valence-electron chi connectivity index (χ0n) is 16.7. The van der Waals surface area contributed by atoms with Gasteiger partial charge in [0.05, 0.1) is 5.69 Å². The number of aryl methyl sites for hydroxylation is 1. The van der Waals surface area contributed by atoms with Crippen LogP contribution in [-0.4, -0.2) is 48.9 Å². The second-order valence-corrected chi connectivity index (χ2v) is 8.46. The summed E-state index contributed by atoms with van der Waals surface area (Å²) in [5.74, 6) is 0.0480. The molecule has 0 saturated carbocycles. The zero-order valence-corrected chi connectivity index (χ0v) is 17.5. The molecule has 1 N–H and O–H groups in total. The Morgan fingerprint density at radius 2 is 1.76 bits per heavy atom. The van der Waals surface area contributed by atoms with Gasteiger partial charge in [-0.3, -0.25) is 9.59 Å². The maximum atomic E-state index is 12.8. The molecule has 0 spiro atoms. The molecule has 2 heterocycles. The fourth-order valence-corrected chi connectivity index (χ4v) is 4.67. The lowest BCUT2D eigenvalue weighted by Crippen LogP contribution is -2.30. The summed E-state index contributed by atoms with van der Waals surface area (Å²) in [5.41, 5.74) is 0.678. The van der Waals surface area contributed by atoms with E-state index in [0.717, 1.165) is 0 Å². The maximum Gasteiger partial charge on any atom is 0.272 e. The van der Waals surface area contributed by atoms with Crippen LogP contribution in [0.2, 0.25) is 0 Å². The molecule has 0 unspecified atom stereocenters. The minimum Gasteiger partial charge on any atom is -0.454 e. The van der Waals surface area contributed by atoms with Crippen molar-refractivity contribution < 1.29 is 27.5 Å². The molecule has 1 amide bonds. The summed E-state index contributed by atoms with van der Waals surface area (Å²) in [7, 11) is -2.11. The molecule has 29 heavy (non-hydrogen) atoms. The van der Waals surface area contributed by atoms with Crippen molar-refractivity contribution in [2.75, 3.05) is 25.2 Å². The third-order valence-electron chi connectivity index (χ3n) is 4.70. The van der Waals surface area contributed by atoms with Crippen molar-refractivity contribution in [3.8, 4) is 11.5 Å². The number of nitrogens with one attached hydrogen (secondary N) is 1. The van der Waals surface area contributed by atoms with E-state index in [-0.39, 0.29) is 34.4 Å². The highest BCUT2D eigenvalue weighted by atomic mass is 32.2. The van der Waals surface area contributed by atoms with Crippen molar-refractivity contribution in [2.45, 2.75) is 25.7 Å². The molecular formula is C19H23N3O6S. The Hall–Kier alpha value is -2.85. The van der Waals surface area contributed by atoms with Gasteiger partial charge in [0, 0.05) is 38.0 Å². The Balaban J connectivity index is 1.93. The first-order valence-corrected chi connectivity index (χ1v) is 10.6. The van der Waals surface area contributed by atoms with E-state index in [9.17, 15) is 18.0 Å². The first-order chi connectivity index (χ1) is 13.7. The summed E-state index contributed by atoms with van der Waals surface area (Å²) in [6.45, 7) is 5.57. The lowest BCUT2D eigenvalue weighted by Gasteiger charge is -2.17. The number of rotatable bonds is 7. The molecule has 2 aromatic rings. The van der Waals surface area contributed by atoms with Crippen LogP contribution >= 0.6 is 0 Å². The predicted octanol–water partition coefficient (Wildman–Crippen LogP) is 2.24. The minimum absolute atomic E-state index is 0.0336. The summed E-state index contributed by atoms with van der Waals surface area (Å²) in [4.78, 5) is 24.9. The molecule has 9 nitrogen and oxygen atoms in total. The van der Waals surface area contributed by atoms with Crippen molar-refractivity contribution in [3.05, 3.63) is 35.7 Å². The van der Waals surface area contributed by atoms with Crippen molar-refractivity contribution in [1.29, 1.82) is 0 Å². The molecule has 3 rings (SSSR count). The fraction of sp³-hybridized carbons (Fsp3) is 0.368. The summed E-state index contributed by atoms with van der Waals surface area (Å²) >= 11 is 0. The van der Waals surface area contributed by atoms with Gasteiger partial charge in [0.25, 0.3) is 5.91 Å². The number of benzene rings is 1. The van der Waals surface area contributed by atoms with Gasteiger partial charge < -0.3 is 19.4 Å². The van der Waals surface area contributed by atoms with E-state index < -0.39 is 15.9 Å². The Kier molecular flexibility index (Phi) is 5.67. The molecule has 1 aromatic heterocycles. The zero-order chi connectivity index (χ0) is 21.3. The number of ketones is 1. The van der Waals surface area contributed by atoms with Gasteiger partial charge in [-0.25, -0.2) is 8.42 Å². The average Bonchev–Trinajstić information content (AvgIpc) is 3.27. The van der Waals surface area contributed by atoms with Crippen LogP contribution in [-0.2, 0) is 17.1 Å². The molecule has 1 aliphatic rings. The van der Waals surface area contributed by atoms with E-state index in [4.69, 9.17) is 9.47 Å². The van der Waals surface area contributed by atoms with Crippen LogP contribution < -0.4 is 14.8 Å². The van der Waals surface area contributed by atoms with Gasteiger partial charge in [0.15, 0.2) is 17.3 Å². The number of carbonyl (C=O) groups is 2. The summed E-state index contributed by atoms with van der Waals surface area (Å²) in [5, 5.41) is 2.68. The van der Waals surface area contributed by atoms with Crippen LogP contribution in [0.5, 0.6) is 11.5 Å². The third kappa shape index (κ3) is 3.85. The number of hydrogen-bond donors (Lipinski definition) is 1. The molecule has 10 heteroatoms. The van der Waals surface area contributed by atoms with Gasteiger partial charge in [-0.15, -0.1) is 0 Å². The number of ether oxygens (including phenoxy) is 2. The summed E-state index contributed by atoms with van der Waals surface area (Å²) in [6.07, 6.45) is 1.40. The first-order valence-electron chi connectivity index (χ1n) is 9.11. The van der Waals surface area contributed by atoms with E-state index in [1.807, 2.05) is 0 Å². The highest BCUT2D eigenvalue weighted by Gasteiger charge is 2.26. The first kappa shape index (κ1) is 20.9. The van der Waals surface area contributed by atoms with E-state index >= 15 is 0 Å². The van der Waals surface area contributed by atoms with E-state index in [0.29, 0.717) is 24.6 Å². The van der Waals surface area contributed by atoms with Crippen LogP contribution in [0.3, 0.4) is 0 Å². The van der Waals surface area contributed by atoms with Crippen LogP contribution in [0.4, 0.5) is 5.69 Å². The van der Waals surface area contributed by atoms with Gasteiger partial charge >= 0.3 is 0 Å². The summed E-state index contributed by atoms with van der Waals surface area (Å²) < 4.78 is 38.8. The number of sulfonamides is 1. The molecule has 0 bridgehead atoms. The highest BCUT2D eigenvalue weighted by Crippen LogP contribution is 2.37. The smallest absolute Gasteiger partial charge is 0.272 e. The third-order valence-corrected chi connectivity index (χ3v) is 6.71. The number of amides is 1. The number of hydrogen-bond acceptors (Lipinski definition) is 6. The van der Waals surface area contributed by atoms with Gasteiger partial charge in [-0.1, -0.05) is 13.8 Å². The Labute approximate surface area is 169 Å². The van der Waals surface area contributed by atoms with Gasteiger partial charge in [-0.2, -0.15) is 4.31 Å². The normalized spacial score (nSPS) is 13.0. The largest absolute Gasteiger partial charge is 0.454 e. The molecule has 0 radical (unpaired) electrons. The maximum absolute atomic E-state index is 12.8. The molecule has 0 atom stereocenters. The van der Waals surface area contributed by atoms with E-state index in [1.165, 1.54) is 40.2 Å². The van der Waals surface area contributed by atoms with Crippen molar-refractivity contribution in [1.82, 2.24) is 8.87 Å². The second kappa shape index (κ2) is 7.88. The van der Waals surface area contributed by atoms with Gasteiger partial charge in [-0.05, 0) is 19.1 Å². The van der Waals surface area contributed by atoms with E-state index in [2.05, 4.69) is 5.32 Å². The molecule has 0 fully saturated rings. The molecule has 1 aromatic carbocycles. The number of carbonyl (C=O) groups excluding carboxylic acids is 2. The number of anilines is 1. The Morgan fingerprint density at radius 1 is 1.14 bits per heavy atom. The SMILES string of the molecule is CCN(CC)S(=O)(=O)c1cc(C(=O)Nc2cc3c(cc2C(C)=O)OCO3)n(C)c1. The number of fused-ring (bicyclic) bond motifs is 1. The minimum atomic E-state index is -3.70. The Morgan fingerprint density at radius 3 is 2.34 bits per heavy atom. The molecular weight excluding hydrogens is 398 g/mol. The topological polar surface area (TPSA) is 107 Å². The predicted molar refractivity (Wildman–Crippen MR) is 106 cm³/mol. The van der Waals surface area contributed by atoms with Crippen molar-refractivity contribution in [3.63, 3.8) is 0 Å². The highest BCUT2D eigenvalue weighted by molar-refractivity contribution is 7.89. The van der Waals surface area contributed by atoms with Gasteiger partial charge in [0.1, 0.15) is 10.6 Å². The summed E-state index contributed by atoms with van der Waals surface area (Å²) in [6, 6.07) is 4.36. The van der Waals surface area contributed by atoms with Crippen LogP contribution in [0.1, 0.15) is 41.6 Å². The van der Waals surface area contributed by atoms with Crippen LogP contribution in [0.25, 0.3) is 0 Å². The average molecular weight is 421 g/mol. The lowest BCUT2D eigenvalue weighted by molar-refractivity contribution is 0.101. The quantitative estimate of drug-likeness (QED) is 0.687. The fourth-order valence-electron chi connectivity index (χ4n) is 3.14. The lowest BCUT2D eigenvalue weighted by atomic mass is 10.1. The van der Waals surface area contributed by atoms with Crippen LogP contribution in [0.15, 0.2) is 29.3 Å². The number of nitrogens with zero attached hydrogens (tertiary/aromatic N) is 2. The van der Waals surface area contributed by atoms with E-state index in [1.54, 1.807) is 20.9 Å². The number of aromatic nitrogens is 1. The molecule has 1 aliphatic heterocycles.